The van der Waals surface area contributed by atoms with E-state index in [0.717, 1.165) is 25.3 Å². The lowest BCUT2D eigenvalue weighted by atomic mass is 10.3. The van der Waals surface area contributed by atoms with Gasteiger partial charge in [-0.05, 0) is 25.6 Å². The van der Waals surface area contributed by atoms with E-state index in [1.165, 1.54) is 0 Å². The molecule has 0 radical (unpaired) electrons. The summed E-state index contributed by atoms with van der Waals surface area (Å²) >= 11 is 0. The number of ether oxygens (including phenoxy) is 1. The summed E-state index contributed by atoms with van der Waals surface area (Å²) in [5.41, 5.74) is 0. The zero-order valence-corrected chi connectivity index (χ0v) is 7.81. The highest BCUT2D eigenvalue weighted by molar-refractivity contribution is 5.16. The van der Waals surface area contributed by atoms with Crippen LogP contribution in [0.3, 0.4) is 0 Å². The summed E-state index contributed by atoms with van der Waals surface area (Å²) in [5, 5.41) is 0. The summed E-state index contributed by atoms with van der Waals surface area (Å²) in [5.74, 6) is 0.878. The molecule has 0 aromatic carbocycles. The molecule has 0 saturated carbocycles. The van der Waals surface area contributed by atoms with Gasteiger partial charge in [0.05, 0.1) is 6.20 Å². The average Bonchev–Trinajstić information content (AvgIpc) is 2.53. The van der Waals surface area contributed by atoms with Gasteiger partial charge in [0, 0.05) is 19.3 Å². The predicted molar refractivity (Wildman–Crippen MR) is 50.8 cm³/mol. The molecule has 1 atom stereocenters. The van der Waals surface area contributed by atoms with E-state index >= 15 is 0 Å². The number of rotatable bonds is 2. The van der Waals surface area contributed by atoms with Gasteiger partial charge >= 0.3 is 0 Å². The van der Waals surface area contributed by atoms with E-state index in [0.29, 0.717) is 6.10 Å². The van der Waals surface area contributed by atoms with Gasteiger partial charge in [-0.2, -0.15) is 0 Å². The fourth-order valence-corrected chi connectivity index (χ4v) is 1.60. The standard InChI is InChI=1S/C10H14N2O/c1-12-6-4-10(8-12)13-9-3-2-5-11-7-9/h2-3,5,7,10H,4,6,8H2,1H3/t10-/m0/s1. The minimum absolute atomic E-state index is 0.342. The number of pyridine rings is 1. The lowest BCUT2D eigenvalue weighted by Crippen LogP contribution is -2.21. The van der Waals surface area contributed by atoms with E-state index in [-0.39, 0.29) is 0 Å². The SMILES string of the molecule is CN1CC[C@H](Oc2cccnc2)C1. The maximum absolute atomic E-state index is 5.74. The minimum atomic E-state index is 0.342. The van der Waals surface area contributed by atoms with Crippen LogP contribution in [0.1, 0.15) is 6.42 Å². The maximum atomic E-state index is 5.74. The monoisotopic (exact) mass is 178 g/mol. The number of nitrogens with zero attached hydrogens (tertiary/aromatic N) is 2. The van der Waals surface area contributed by atoms with Crippen LogP contribution in [-0.4, -0.2) is 36.1 Å². The zero-order chi connectivity index (χ0) is 9.10. The molecule has 2 rings (SSSR count). The van der Waals surface area contributed by atoms with Crippen molar-refractivity contribution in [2.24, 2.45) is 0 Å². The van der Waals surface area contributed by atoms with Crippen LogP contribution in [0.5, 0.6) is 5.75 Å². The Bertz CT molecular complexity index is 263. The van der Waals surface area contributed by atoms with Crippen molar-refractivity contribution in [2.75, 3.05) is 20.1 Å². The van der Waals surface area contributed by atoms with Crippen molar-refractivity contribution in [2.45, 2.75) is 12.5 Å². The Morgan fingerprint density at radius 3 is 3.15 bits per heavy atom. The number of hydrogen-bond donors (Lipinski definition) is 0. The number of aromatic nitrogens is 1. The van der Waals surface area contributed by atoms with Gasteiger partial charge in [-0.25, -0.2) is 0 Å². The Morgan fingerprint density at radius 1 is 1.62 bits per heavy atom. The van der Waals surface area contributed by atoms with Gasteiger partial charge in [-0.3, -0.25) is 4.98 Å². The van der Waals surface area contributed by atoms with Crippen LogP contribution in [0.2, 0.25) is 0 Å². The molecular formula is C10H14N2O. The molecule has 3 nitrogen and oxygen atoms in total. The van der Waals surface area contributed by atoms with Crippen molar-refractivity contribution < 1.29 is 4.74 Å². The van der Waals surface area contributed by atoms with Crippen LogP contribution in [-0.2, 0) is 0 Å². The van der Waals surface area contributed by atoms with E-state index in [9.17, 15) is 0 Å². The van der Waals surface area contributed by atoms with Gasteiger partial charge < -0.3 is 9.64 Å². The molecule has 2 heterocycles. The van der Waals surface area contributed by atoms with Crippen molar-refractivity contribution in [3.63, 3.8) is 0 Å². The van der Waals surface area contributed by atoms with Crippen LogP contribution in [0, 0.1) is 0 Å². The zero-order valence-electron chi connectivity index (χ0n) is 7.81. The Hall–Kier alpha value is -1.09. The average molecular weight is 178 g/mol. The Morgan fingerprint density at radius 2 is 2.54 bits per heavy atom. The van der Waals surface area contributed by atoms with E-state index in [1.54, 1.807) is 12.4 Å². The number of likely N-dealkylation sites (N-methyl/N-ethyl adjacent to an activating group) is 1. The molecule has 0 bridgehead atoms. The molecule has 3 heteroatoms. The molecule has 0 N–H and O–H groups in total. The third-order valence-corrected chi connectivity index (χ3v) is 2.29. The highest BCUT2D eigenvalue weighted by Crippen LogP contribution is 2.15. The van der Waals surface area contributed by atoms with Gasteiger partial charge in [-0.15, -0.1) is 0 Å². The summed E-state index contributed by atoms with van der Waals surface area (Å²) in [6, 6.07) is 3.85. The van der Waals surface area contributed by atoms with E-state index in [4.69, 9.17) is 4.74 Å². The lowest BCUT2D eigenvalue weighted by molar-refractivity contribution is 0.207. The molecule has 1 saturated heterocycles. The second kappa shape index (κ2) is 3.75. The number of hydrogen-bond acceptors (Lipinski definition) is 3. The second-order valence-corrected chi connectivity index (χ2v) is 3.48. The van der Waals surface area contributed by atoms with Crippen LogP contribution >= 0.6 is 0 Å². The lowest BCUT2D eigenvalue weighted by Gasteiger charge is -2.12. The Balaban J connectivity index is 1.92. The van der Waals surface area contributed by atoms with Gasteiger partial charge in [0.2, 0.25) is 0 Å². The second-order valence-electron chi connectivity index (χ2n) is 3.48. The normalized spacial score (nSPS) is 23.3. The molecule has 0 amide bonds. The summed E-state index contributed by atoms with van der Waals surface area (Å²) in [6.07, 6.45) is 4.98. The Labute approximate surface area is 78.3 Å². The molecule has 1 aromatic heterocycles. The molecule has 13 heavy (non-hydrogen) atoms. The fourth-order valence-electron chi connectivity index (χ4n) is 1.60. The highest BCUT2D eigenvalue weighted by Gasteiger charge is 2.20. The van der Waals surface area contributed by atoms with Crippen LogP contribution in [0.4, 0.5) is 0 Å². The smallest absolute Gasteiger partial charge is 0.138 e. The van der Waals surface area contributed by atoms with Crippen molar-refractivity contribution in [3.8, 4) is 5.75 Å². The molecule has 1 fully saturated rings. The van der Waals surface area contributed by atoms with Gasteiger partial charge in [0.1, 0.15) is 11.9 Å². The van der Waals surface area contributed by atoms with Crippen molar-refractivity contribution >= 4 is 0 Å². The maximum Gasteiger partial charge on any atom is 0.138 e. The molecule has 1 aromatic rings. The molecule has 0 aliphatic carbocycles. The molecular weight excluding hydrogens is 164 g/mol. The summed E-state index contributed by atoms with van der Waals surface area (Å²) < 4.78 is 5.74. The first-order valence-corrected chi connectivity index (χ1v) is 4.60. The van der Waals surface area contributed by atoms with E-state index < -0.39 is 0 Å². The van der Waals surface area contributed by atoms with E-state index in [2.05, 4.69) is 16.9 Å². The van der Waals surface area contributed by atoms with Crippen molar-refractivity contribution in [3.05, 3.63) is 24.5 Å². The summed E-state index contributed by atoms with van der Waals surface area (Å²) in [4.78, 5) is 6.29. The van der Waals surface area contributed by atoms with Crippen molar-refractivity contribution in [1.82, 2.24) is 9.88 Å². The molecule has 0 spiro atoms. The first kappa shape index (κ1) is 8.51. The van der Waals surface area contributed by atoms with Crippen molar-refractivity contribution in [1.29, 1.82) is 0 Å². The molecule has 1 aliphatic heterocycles. The number of likely N-dealkylation sites (tertiary alicyclic amines) is 1. The quantitative estimate of drug-likeness (QED) is 0.679. The predicted octanol–water partition coefficient (Wildman–Crippen LogP) is 1.16. The minimum Gasteiger partial charge on any atom is -0.487 e. The third kappa shape index (κ3) is 2.18. The van der Waals surface area contributed by atoms with Crippen LogP contribution in [0.15, 0.2) is 24.5 Å². The third-order valence-electron chi connectivity index (χ3n) is 2.29. The van der Waals surface area contributed by atoms with Gasteiger partial charge in [0.15, 0.2) is 0 Å². The Kier molecular flexibility index (Phi) is 2.45. The fraction of sp³-hybridized carbons (Fsp3) is 0.500. The van der Waals surface area contributed by atoms with Gasteiger partial charge in [0.25, 0.3) is 0 Å². The van der Waals surface area contributed by atoms with Gasteiger partial charge in [-0.1, -0.05) is 0 Å². The molecule has 70 valence electrons. The van der Waals surface area contributed by atoms with Crippen LogP contribution < -0.4 is 4.74 Å². The molecule has 0 unspecified atom stereocenters. The highest BCUT2D eigenvalue weighted by atomic mass is 16.5. The van der Waals surface area contributed by atoms with Crippen LogP contribution in [0.25, 0.3) is 0 Å². The summed E-state index contributed by atoms with van der Waals surface area (Å²) in [7, 11) is 2.12. The largest absolute Gasteiger partial charge is 0.487 e. The topological polar surface area (TPSA) is 25.4 Å². The summed E-state index contributed by atoms with van der Waals surface area (Å²) in [6.45, 7) is 2.15. The first-order chi connectivity index (χ1) is 6.34. The molecule has 1 aliphatic rings. The van der Waals surface area contributed by atoms with E-state index in [1.807, 2.05) is 12.1 Å². The first-order valence-electron chi connectivity index (χ1n) is 4.60.